The van der Waals surface area contributed by atoms with Crippen molar-refractivity contribution in [3.63, 3.8) is 0 Å². The highest BCUT2D eigenvalue weighted by molar-refractivity contribution is 7.77. The molecular formula is C9H18N2S. The zero-order valence-electron chi connectivity index (χ0n) is 7.90. The van der Waals surface area contributed by atoms with Gasteiger partial charge in [0.05, 0.1) is 0 Å². The van der Waals surface area contributed by atoms with Crippen molar-refractivity contribution in [2.45, 2.75) is 44.8 Å². The molecule has 0 amide bonds. The van der Waals surface area contributed by atoms with Crippen molar-refractivity contribution in [1.82, 2.24) is 9.21 Å². The minimum Gasteiger partial charge on any atom is -0.295 e. The normalized spacial score (nSPS) is 38.0. The predicted octanol–water partition coefficient (Wildman–Crippen LogP) is 1.39. The van der Waals surface area contributed by atoms with Crippen molar-refractivity contribution in [1.29, 1.82) is 0 Å². The average molecular weight is 186 g/mol. The van der Waals surface area contributed by atoms with Crippen LogP contribution in [0.2, 0.25) is 0 Å². The molecule has 3 heteroatoms. The molecule has 70 valence electrons. The highest BCUT2D eigenvalue weighted by Crippen LogP contribution is 2.33. The van der Waals surface area contributed by atoms with Gasteiger partial charge in [0.15, 0.2) is 0 Å². The zero-order chi connectivity index (χ0) is 8.72. The van der Waals surface area contributed by atoms with Crippen molar-refractivity contribution < 1.29 is 0 Å². The van der Waals surface area contributed by atoms with Gasteiger partial charge in [-0.3, -0.25) is 4.90 Å². The maximum Gasteiger partial charge on any atom is 0.0400 e. The summed E-state index contributed by atoms with van der Waals surface area (Å²) in [7, 11) is 0. The van der Waals surface area contributed by atoms with Crippen LogP contribution in [0.25, 0.3) is 0 Å². The molecule has 0 saturated carbocycles. The Labute approximate surface area is 80.5 Å². The Morgan fingerprint density at radius 1 is 1.33 bits per heavy atom. The molecule has 0 radical (unpaired) electrons. The number of rotatable bonds is 1. The van der Waals surface area contributed by atoms with Crippen molar-refractivity contribution >= 4 is 12.8 Å². The van der Waals surface area contributed by atoms with E-state index in [2.05, 4.69) is 35.9 Å². The second-order valence-electron chi connectivity index (χ2n) is 4.23. The van der Waals surface area contributed by atoms with Gasteiger partial charge in [0.2, 0.25) is 0 Å². The SMILES string of the molecule is CC(C)N1CCCC2C1CN2S. The zero-order valence-corrected chi connectivity index (χ0v) is 8.80. The van der Waals surface area contributed by atoms with Gasteiger partial charge in [-0.15, -0.1) is 0 Å². The van der Waals surface area contributed by atoms with E-state index in [0.29, 0.717) is 6.04 Å². The predicted molar refractivity (Wildman–Crippen MR) is 54.3 cm³/mol. The Hall–Kier alpha value is 0.270. The average Bonchev–Trinajstić information content (AvgIpc) is 2.02. The van der Waals surface area contributed by atoms with Gasteiger partial charge in [-0.05, 0) is 33.2 Å². The molecule has 0 N–H and O–H groups in total. The van der Waals surface area contributed by atoms with Crippen LogP contribution in [0.15, 0.2) is 0 Å². The highest BCUT2D eigenvalue weighted by atomic mass is 32.1. The van der Waals surface area contributed by atoms with Crippen molar-refractivity contribution in [3.8, 4) is 0 Å². The molecule has 0 bridgehead atoms. The van der Waals surface area contributed by atoms with Gasteiger partial charge in [0.1, 0.15) is 0 Å². The lowest BCUT2D eigenvalue weighted by molar-refractivity contribution is -0.0180. The lowest BCUT2D eigenvalue weighted by atomic mass is 9.88. The summed E-state index contributed by atoms with van der Waals surface area (Å²) in [5, 5.41) is 0. The van der Waals surface area contributed by atoms with Crippen LogP contribution < -0.4 is 0 Å². The van der Waals surface area contributed by atoms with Gasteiger partial charge in [0, 0.05) is 24.7 Å². The molecule has 2 saturated heterocycles. The Balaban J connectivity index is 1.99. The third kappa shape index (κ3) is 1.28. The maximum absolute atomic E-state index is 4.42. The standard InChI is InChI=1S/C9H18N2S/c1-7(2)10-5-3-4-8-9(10)6-11(8)12/h7-9,12H,3-6H2,1-2H3. The van der Waals surface area contributed by atoms with Gasteiger partial charge in [-0.25, -0.2) is 4.31 Å². The fourth-order valence-corrected chi connectivity index (χ4v) is 2.90. The van der Waals surface area contributed by atoms with Crippen molar-refractivity contribution in [2.75, 3.05) is 13.1 Å². The fourth-order valence-electron chi connectivity index (χ4n) is 2.47. The van der Waals surface area contributed by atoms with Crippen LogP contribution in [-0.2, 0) is 0 Å². The van der Waals surface area contributed by atoms with Crippen molar-refractivity contribution in [2.24, 2.45) is 0 Å². The summed E-state index contributed by atoms with van der Waals surface area (Å²) in [6, 6.07) is 2.25. The van der Waals surface area contributed by atoms with Gasteiger partial charge in [0.25, 0.3) is 0 Å². The number of hydrogen-bond acceptors (Lipinski definition) is 3. The smallest absolute Gasteiger partial charge is 0.0400 e. The summed E-state index contributed by atoms with van der Waals surface area (Å²) < 4.78 is 2.19. The van der Waals surface area contributed by atoms with E-state index in [1.807, 2.05) is 0 Å². The van der Waals surface area contributed by atoms with E-state index < -0.39 is 0 Å². The molecule has 0 aliphatic carbocycles. The minimum absolute atomic E-state index is 0.708. The topological polar surface area (TPSA) is 6.48 Å². The Morgan fingerprint density at radius 3 is 2.67 bits per heavy atom. The van der Waals surface area contributed by atoms with Gasteiger partial charge >= 0.3 is 0 Å². The number of likely N-dealkylation sites (tertiary alicyclic amines) is 1. The first-order valence-corrected chi connectivity index (χ1v) is 5.31. The summed E-state index contributed by atoms with van der Waals surface area (Å²) in [5.41, 5.74) is 0. The highest BCUT2D eigenvalue weighted by Gasteiger charge is 2.43. The third-order valence-corrected chi connectivity index (χ3v) is 3.67. The summed E-state index contributed by atoms with van der Waals surface area (Å²) in [6.07, 6.45) is 2.69. The number of hydrogen-bond donors (Lipinski definition) is 1. The minimum atomic E-state index is 0.708. The van der Waals surface area contributed by atoms with E-state index in [9.17, 15) is 0 Å². The summed E-state index contributed by atoms with van der Waals surface area (Å²) in [5.74, 6) is 0. The molecule has 2 atom stereocenters. The van der Waals surface area contributed by atoms with Gasteiger partial charge < -0.3 is 0 Å². The van der Waals surface area contributed by atoms with Crippen LogP contribution in [0.5, 0.6) is 0 Å². The van der Waals surface area contributed by atoms with Crippen LogP contribution in [-0.4, -0.2) is 40.4 Å². The first-order chi connectivity index (χ1) is 5.70. The Morgan fingerprint density at radius 2 is 2.08 bits per heavy atom. The molecule has 2 rings (SSSR count). The Kier molecular flexibility index (Phi) is 2.36. The molecule has 0 aromatic rings. The lowest BCUT2D eigenvalue weighted by Crippen LogP contribution is -2.67. The molecule has 2 aliphatic heterocycles. The number of thiol groups is 1. The molecule has 2 fully saturated rings. The van der Waals surface area contributed by atoms with E-state index in [-0.39, 0.29) is 0 Å². The number of fused-ring (bicyclic) bond motifs is 1. The largest absolute Gasteiger partial charge is 0.295 e. The maximum atomic E-state index is 4.42. The van der Waals surface area contributed by atoms with Crippen LogP contribution >= 0.6 is 12.8 Å². The molecule has 2 nitrogen and oxygen atoms in total. The first-order valence-electron chi connectivity index (χ1n) is 4.91. The van der Waals surface area contributed by atoms with Crippen LogP contribution in [0.1, 0.15) is 26.7 Å². The quantitative estimate of drug-likeness (QED) is 0.618. The van der Waals surface area contributed by atoms with Crippen LogP contribution in [0, 0.1) is 0 Å². The van der Waals surface area contributed by atoms with E-state index in [1.54, 1.807) is 0 Å². The van der Waals surface area contributed by atoms with Crippen LogP contribution in [0.3, 0.4) is 0 Å². The summed E-state index contributed by atoms with van der Waals surface area (Å²) in [6.45, 7) is 7.04. The molecule has 2 aliphatic rings. The van der Waals surface area contributed by atoms with Gasteiger partial charge in [-0.2, -0.15) is 0 Å². The van der Waals surface area contributed by atoms with Crippen molar-refractivity contribution in [3.05, 3.63) is 0 Å². The summed E-state index contributed by atoms with van der Waals surface area (Å²) >= 11 is 4.42. The summed E-state index contributed by atoms with van der Waals surface area (Å²) in [4.78, 5) is 2.63. The number of nitrogens with zero attached hydrogens (tertiary/aromatic N) is 2. The molecule has 2 unspecified atom stereocenters. The molecule has 2 heterocycles. The van der Waals surface area contributed by atoms with E-state index in [0.717, 1.165) is 18.6 Å². The van der Waals surface area contributed by atoms with Gasteiger partial charge in [-0.1, -0.05) is 12.8 Å². The number of piperidine rings is 1. The second kappa shape index (κ2) is 3.20. The van der Waals surface area contributed by atoms with E-state index in [1.165, 1.54) is 19.4 Å². The first kappa shape index (κ1) is 8.85. The molecule has 0 aromatic carbocycles. The lowest BCUT2D eigenvalue weighted by Gasteiger charge is -2.54. The molecule has 12 heavy (non-hydrogen) atoms. The molecular weight excluding hydrogens is 168 g/mol. The van der Waals surface area contributed by atoms with Crippen LogP contribution in [0.4, 0.5) is 0 Å². The monoisotopic (exact) mass is 186 g/mol. The fraction of sp³-hybridized carbons (Fsp3) is 1.00. The van der Waals surface area contributed by atoms with E-state index >= 15 is 0 Å². The molecule has 0 aromatic heterocycles. The molecule has 0 spiro atoms. The second-order valence-corrected chi connectivity index (χ2v) is 4.74. The Bertz CT molecular complexity index is 172. The van der Waals surface area contributed by atoms with E-state index in [4.69, 9.17) is 0 Å². The third-order valence-electron chi connectivity index (χ3n) is 3.21.